The summed E-state index contributed by atoms with van der Waals surface area (Å²) in [5, 5.41) is 9.21. The van der Waals surface area contributed by atoms with E-state index in [1.165, 1.54) is 14.1 Å². The van der Waals surface area contributed by atoms with Gasteiger partial charge in [-0.1, -0.05) is 0 Å². The van der Waals surface area contributed by atoms with Crippen LogP contribution in [0.3, 0.4) is 0 Å². The van der Waals surface area contributed by atoms with Crippen LogP contribution in [0.1, 0.15) is 19.9 Å². The van der Waals surface area contributed by atoms with Gasteiger partial charge in [0.25, 0.3) is 0 Å². The highest BCUT2D eigenvalue weighted by atomic mass is 32.2. The van der Waals surface area contributed by atoms with Crippen LogP contribution in [0.15, 0.2) is 12.3 Å². The molecule has 8 nitrogen and oxygen atoms in total. The van der Waals surface area contributed by atoms with Crippen molar-refractivity contribution in [1.29, 1.82) is 0 Å². The maximum Gasteiger partial charge on any atom is 0.320 e. The van der Waals surface area contributed by atoms with Crippen LogP contribution < -0.4 is 10.6 Å². The molecule has 0 atom stereocenters. The molecule has 2 N–H and O–H groups in total. The summed E-state index contributed by atoms with van der Waals surface area (Å²) in [4.78, 5) is 11.7. The number of urea groups is 1. The second kappa shape index (κ2) is 6.71. The Hall–Kier alpha value is -1.61. The van der Waals surface area contributed by atoms with Crippen molar-refractivity contribution in [3.63, 3.8) is 0 Å². The second-order valence-electron chi connectivity index (χ2n) is 4.73. The number of rotatable bonds is 6. The summed E-state index contributed by atoms with van der Waals surface area (Å²) in [6.45, 7) is 3.93. The Morgan fingerprint density at radius 1 is 1.45 bits per heavy atom. The highest BCUT2D eigenvalue weighted by Crippen LogP contribution is 2.12. The molecule has 0 unspecified atom stereocenters. The van der Waals surface area contributed by atoms with Crippen LogP contribution in [0, 0.1) is 0 Å². The Morgan fingerprint density at radius 2 is 2.10 bits per heavy atom. The average molecular weight is 303 g/mol. The lowest BCUT2D eigenvalue weighted by Crippen LogP contribution is -2.36. The van der Waals surface area contributed by atoms with Crippen molar-refractivity contribution >= 4 is 21.9 Å². The number of anilines is 1. The first-order chi connectivity index (χ1) is 9.24. The van der Waals surface area contributed by atoms with Crippen LogP contribution >= 0.6 is 0 Å². The zero-order valence-electron chi connectivity index (χ0n) is 12.1. The Kier molecular flexibility index (Phi) is 5.52. The fourth-order valence-corrected chi connectivity index (χ4v) is 2.19. The molecule has 0 saturated heterocycles. The first-order valence-corrected chi connectivity index (χ1v) is 7.83. The molecular weight excluding hydrogens is 282 g/mol. The molecule has 1 aromatic rings. The zero-order valence-corrected chi connectivity index (χ0v) is 12.9. The predicted molar refractivity (Wildman–Crippen MR) is 77.1 cm³/mol. The van der Waals surface area contributed by atoms with E-state index in [-0.39, 0.29) is 18.3 Å². The third kappa shape index (κ3) is 4.49. The molecule has 0 fully saturated rings. The molecule has 0 saturated carbocycles. The molecule has 0 bridgehead atoms. The van der Waals surface area contributed by atoms with E-state index < -0.39 is 16.1 Å². The van der Waals surface area contributed by atoms with Gasteiger partial charge in [0.2, 0.25) is 10.0 Å². The van der Waals surface area contributed by atoms with Gasteiger partial charge in [-0.25, -0.2) is 22.2 Å². The van der Waals surface area contributed by atoms with Crippen molar-refractivity contribution in [2.24, 2.45) is 0 Å². The molecule has 0 aliphatic heterocycles. The Balaban J connectivity index is 2.47. The number of amides is 2. The largest absolute Gasteiger partial charge is 0.337 e. The van der Waals surface area contributed by atoms with E-state index in [1.807, 2.05) is 13.8 Å². The van der Waals surface area contributed by atoms with E-state index >= 15 is 0 Å². The van der Waals surface area contributed by atoms with Crippen molar-refractivity contribution in [1.82, 2.24) is 19.4 Å². The van der Waals surface area contributed by atoms with Gasteiger partial charge in [-0.2, -0.15) is 5.10 Å². The molecular formula is C11H21N5O3S. The molecule has 114 valence electrons. The van der Waals surface area contributed by atoms with Crippen LogP contribution in [-0.2, 0) is 10.0 Å². The average Bonchev–Trinajstić information content (AvgIpc) is 2.76. The quantitative estimate of drug-likeness (QED) is 0.798. The number of hydrogen-bond acceptors (Lipinski definition) is 4. The minimum atomic E-state index is -3.30. The van der Waals surface area contributed by atoms with Gasteiger partial charge in [-0.15, -0.1) is 0 Å². The lowest BCUT2D eigenvalue weighted by Gasteiger charge is -2.13. The number of sulfonamides is 1. The van der Waals surface area contributed by atoms with Crippen LogP contribution in [0.5, 0.6) is 0 Å². The first-order valence-electron chi connectivity index (χ1n) is 6.22. The molecule has 20 heavy (non-hydrogen) atoms. The number of nitrogens with zero attached hydrogens (tertiary/aromatic N) is 3. The van der Waals surface area contributed by atoms with Gasteiger partial charge in [-0.05, 0) is 13.8 Å². The predicted octanol–water partition coefficient (Wildman–Crippen LogP) is 0.477. The van der Waals surface area contributed by atoms with Gasteiger partial charge in [-0.3, -0.25) is 5.32 Å². The maximum absolute atomic E-state index is 11.7. The summed E-state index contributed by atoms with van der Waals surface area (Å²) in [5.41, 5.74) is 0. The highest BCUT2D eigenvalue weighted by molar-refractivity contribution is 7.89. The summed E-state index contributed by atoms with van der Waals surface area (Å²) in [6.07, 6.45) is 1.59. The maximum atomic E-state index is 11.7. The van der Waals surface area contributed by atoms with Gasteiger partial charge in [0.05, 0.1) is 11.9 Å². The summed E-state index contributed by atoms with van der Waals surface area (Å²) in [6, 6.07) is 1.34. The van der Waals surface area contributed by atoms with E-state index in [0.29, 0.717) is 5.82 Å². The van der Waals surface area contributed by atoms with Crippen LogP contribution in [0.25, 0.3) is 0 Å². The standard InChI is InChI=1S/C11H21N5O3S/c1-9(2)16-10(5-6-13-16)14-11(17)12-7-8-20(18,19)15(3)4/h5-6,9H,7-8H2,1-4H3,(H2,12,14,17). The molecule has 0 spiro atoms. The molecule has 9 heteroatoms. The number of nitrogens with one attached hydrogen (secondary N) is 2. The molecule has 0 aliphatic carbocycles. The van der Waals surface area contributed by atoms with Crippen LogP contribution in [0.4, 0.5) is 10.6 Å². The lowest BCUT2D eigenvalue weighted by molar-refractivity contribution is 0.252. The highest BCUT2D eigenvalue weighted by Gasteiger charge is 2.14. The smallest absolute Gasteiger partial charge is 0.320 e. The SMILES string of the molecule is CC(C)n1nccc1NC(=O)NCCS(=O)(=O)N(C)C. The Morgan fingerprint density at radius 3 is 2.65 bits per heavy atom. The van der Waals surface area contributed by atoms with Crippen LogP contribution in [0.2, 0.25) is 0 Å². The third-order valence-electron chi connectivity index (χ3n) is 2.60. The van der Waals surface area contributed by atoms with E-state index in [4.69, 9.17) is 0 Å². The fourth-order valence-electron chi connectivity index (χ4n) is 1.46. The van der Waals surface area contributed by atoms with Gasteiger partial charge < -0.3 is 5.32 Å². The van der Waals surface area contributed by atoms with E-state index in [1.54, 1.807) is 16.9 Å². The number of carbonyl (C=O) groups excluding carboxylic acids is 1. The summed E-state index contributed by atoms with van der Waals surface area (Å²) < 4.78 is 25.8. The first kappa shape index (κ1) is 16.4. The van der Waals surface area contributed by atoms with Crippen molar-refractivity contribution in [2.75, 3.05) is 31.7 Å². The van der Waals surface area contributed by atoms with Gasteiger partial charge in [0.1, 0.15) is 5.82 Å². The summed E-state index contributed by atoms with van der Waals surface area (Å²) >= 11 is 0. The number of aromatic nitrogens is 2. The third-order valence-corrected chi connectivity index (χ3v) is 4.44. The minimum absolute atomic E-state index is 0.0438. The fraction of sp³-hybridized carbons (Fsp3) is 0.636. The Bertz CT molecular complexity index is 550. The topological polar surface area (TPSA) is 96.3 Å². The van der Waals surface area contributed by atoms with E-state index in [0.717, 1.165) is 4.31 Å². The number of hydrogen-bond donors (Lipinski definition) is 2. The zero-order chi connectivity index (χ0) is 15.3. The molecule has 0 aliphatic rings. The number of carbonyl (C=O) groups is 1. The summed E-state index contributed by atoms with van der Waals surface area (Å²) in [7, 11) is -0.394. The lowest BCUT2D eigenvalue weighted by atomic mass is 10.4. The van der Waals surface area contributed by atoms with Crippen molar-refractivity contribution in [3.8, 4) is 0 Å². The minimum Gasteiger partial charge on any atom is -0.337 e. The molecule has 0 aromatic carbocycles. The van der Waals surface area contributed by atoms with E-state index in [9.17, 15) is 13.2 Å². The van der Waals surface area contributed by atoms with Crippen molar-refractivity contribution in [2.45, 2.75) is 19.9 Å². The molecule has 0 radical (unpaired) electrons. The Labute approximate surface area is 119 Å². The van der Waals surface area contributed by atoms with E-state index in [2.05, 4.69) is 15.7 Å². The monoisotopic (exact) mass is 303 g/mol. The molecule has 1 rings (SSSR count). The van der Waals surface area contributed by atoms with Gasteiger partial charge >= 0.3 is 6.03 Å². The van der Waals surface area contributed by atoms with Gasteiger partial charge in [0.15, 0.2) is 0 Å². The normalized spacial score (nSPS) is 11.9. The molecule has 1 aromatic heterocycles. The van der Waals surface area contributed by atoms with Crippen LogP contribution in [-0.4, -0.2) is 54.9 Å². The van der Waals surface area contributed by atoms with Crippen molar-refractivity contribution in [3.05, 3.63) is 12.3 Å². The molecule has 1 heterocycles. The van der Waals surface area contributed by atoms with Crippen molar-refractivity contribution < 1.29 is 13.2 Å². The second-order valence-corrected chi connectivity index (χ2v) is 7.04. The molecule has 2 amide bonds. The summed E-state index contributed by atoms with van der Waals surface area (Å²) in [5.74, 6) is 0.421. The van der Waals surface area contributed by atoms with Gasteiger partial charge in [0, 0.05) is 32.7 Å².